The molecule has 0 aromatic heterocycles. The van der Waals surface area contributed by atoms with Gasteiger partial charge in [-0.3, -0.25) is 14.4 Å². The van der Waals surface area contributed by atoms with Crippen molar-refractivity contribution in [3.63, 3.8) is 0 Å². The van der Waals surface area contributed by atoms with Crippen LogP contribution in [0.3, 0.4) is 0 Å². The molecule has 0 radical (unpaired) electrons. The number of unbranched alkanes of at least 4 members (excludes halogenated alkanes) is 2. The third-order valence-corrected chi connectivity index (χ3v) is 10.7. The first kappa shape index (κ1) is 27.0. The molecule has 0 saturated carbocycles. The molecule has 7 nitrogen and oxygen atoms in total. The summed E-state index contributed by atoms with van der Waals surface area (Å²) in [7, 11) is 0. The highest BCUT2D eigenvalue weighted by molar-refractivity contribution is 8.02. The number of hydrogen-bond donors (Lipinski definition) is 3. The van der Waals surface area contributed by atoms with Crippen LogP contribution in [0.2, 0.25) is 0 Å². The fourth-order valence-corrected chi connectivity index (χ4v) is 9.00. The molecule has 3 N–H and O–H groups in total. The van der Waals surface area contributed by atoms with Gasteiger partial charge in [0, 0.05) is 17.0 Å². The number of thioether (sulfide) groups is 1. The van der Waals surface area contributed by atoms with E-state index >= 15 is 0 Å². The first-order valence-corrected chi connectivity index (χ1v) is 14.3. The third-order valence-electron chi connectivity index (χ3n) is 8.71. The lowest BCUT2D eigenvalue weighted by molar-refractivity contribution is -0.143. The van der Waals surface area contributed by atoms with Crippen molar-refractivity contribution in [2.75, 3.05) is 18.5 Å². The molecular weight excluding hydrogens is 474 g/mol. The molecule has 1 aromatic carbocycles. The van der Waals surface area contributed by atoms with Gasteiger partial charge in [0.25, 0.3) is 0 Å². The largest absolute Gasteiger partial charge is 0.394 e. The number of fused-ring (bicyclic) bond motifs is 1. The van der Waals surface area contributed by atoms with Gasteiger partial charge in [0.1, 0.15) is 6.04 Å². The number of likely N-dealkylation sites (tertiary alicyclic amines) is 1. The van der Waals surface area contributed by atoms with Crippen molar-refractivity contribution in [2.24, 2.45) is 17.8 Å². The Bertz CT molecular complexity index is 975. The standard InChI is InChI=1S/C28H41N3O4S/c1-5-7-11-16-29-25(34)23-28-15-14-27(4,36-28)21(24(33)30-19-12-9-8-10-13-19)22(28)26(35)31(23)20(17-32)18(3)6-2/h8-10,12-13,18,20-23,32H,5-7,11,14-17H2,1-4H3,(H,29,34)(H,30,33)/t18-,20-,21+,22-,23?,27-,28?/m0/s1. The van der Waals surface area contributed by atoms with Gasteiger partial charge in [0.2, 0.25) is 17.7 Å². The fraction of sp³-hybridized carbons (Fsp3) is 0.679. The Labute approximate surface area is 219 Å². The van der Waals surface area contributed by atoms with E-state index in [1.165, 1.54) is 0 Å². The predicted octanol–water partition coefficient (Wildman–Crippen LogP) is 3.82. The highest BCUT2D eigenvalue weighted by atomic mass is 32.2. The molecule has 3 aliphatic heterocycles. The summed E-state index contributed by atoms with van der Waals surface area (Å²) in [6, 6.07) is 8.17. The molecule has 3 aliphatic rings. The summed E-state index contributed by atoms with van der Waals surface area (Å²) in [5.74, 6) is -1.57. The number of para-hydroxylation sites is 1. The lowest BCUT2D eigenvalue weighted by Gasteiger charge is -2.39. The van der Waals surface area contributed by atoms with Crippen molar-refractivity contribution < 1.29 is 19.5 Å². The van der Waals surface area contributed by atoms with Gasteiger partial charge in [0.05, 0.1) is 29.2 Å². The van der Waals surface area contributed by atoms with Crippen LogP contribution >= 0.6 is 11.8 Å². The molecule has 3 amide bonds. The zero-order valence-electron chi connectivity index (χ0n) is 22.0. The van der Waals surface area contributed by atoms with Crippen LogP contribution in [0.15, 0.2) is 30.3 Å². The van der Waals surface area contributed by atoms with Crippen molar-refractivity contribution in [2.45, 2.75) is 87.8 Å². The van der Waals surface area contributed by atoms with Crippen LogP contribution < -0.4 is 10.6 Å². The lowest BCUT2D eigenvalue weighted by atomic mass is 9.66. The van der Waals surface area contributed by atoms with Crippen LogP contribution in [0.1, 0.15) is 66.2 Å². The Hall–Kier alpha value is -2.06. The van der Waals surface area contributed by atoms with Crippen molar-refractivity contribution in [1.29, 1.82) is 0 Å². The zero-order chi connectivity index (χ0) is 26.1. The maximum absolute atomic E-state index is 14.2. The molecule has 7 atom stereocenters. The van der Waals surface area contributed by atoms with E-state index in [1.807, 2.05) is 44.2 Å². The SMILES string of the molecule is CCCCCNC(=O)C1N([C@@H](CO)[C@@H](C)CC)C(=O)[C@@H]2[C@H](C(=O)Nc3ccccc3)[C@]3(C)CCC12S3. The first-order valence-electron chi connectivity index (χ1n) is 13.5. The number of aliphatic hydroxyl groups excluding tert-OH is 1. The average molecular weight is 516 g/mol. The minimum absolute atomic E-state index is 0.0268. The van der Waals surface area contributed by atoms with Gasteiger partial charge < -0.3 is 20.6 Å². The van der Waals surface area contributed by atoms with Crippen molar-refractivity contribution >= 4 is 35.2 Å². The average Bonchev–Trinajstić information content (AvgIpc) is 3.43. The summed E-state index contributed by atoms with van der Waals surface area (Å²) >= 11 is 1.67. The van der Waals surface area contributed by atoms with Gasteiger partial charge in [-0.1, -0.05) is 58.2 Å². The minimum atomic E-state index is -0.691. The Morgan fingerprint density at radius 2 is 1.89 bits per heavy atom. The molecule has 2 unspecified atom stereocenters. The highest BCUT2D eigenvalue weighted by Crippen LogP contribution is 2.71. The Balaban J connectivity index is 1.71. The van der Waals surface area contributed by atoms with Crippen molar-refractivity contribution in [3.05, 3.63) is 30.3 Å². The lowest BCUT2D eigenvalue weighted by Crippen LogP contribution is -2.57. The molecule has 3 fully saturated rings. The quantitative estimate of drug-likeness (QED) is 0.389. The summed E-state index contributed by atoms with van der Waals surface area (Å²) in [5.41, 5.74) is 0.702. The van der Waals surface area contributed by atoms with E-state index in [9.17, 15) is 19.5 Å². The maximum atomic E-state index is 14.2. The van der Waals surface area contributed by atoms with Crippen LogP contribution in [-0.4, -0.2) is 62.5 Å². The molecule has 2 bridgehead atoms. The first-order chi connectivity index (χ1) is 17.2. The highest BCUT2D eigenvalue weighted by Gasteiger charge is 2.77. The molecule has 3 saturated heterocycles. The molecule has 4 rings (SSSR count). The Morgan fingerprint density at radius 3 is 2.53 bits per heavy atom. The van der Waals surface area contributed by atoms with E-state index < -0.39 is 33.4 Å². The summed E-state index contributed by atoms with van der Waals surface area (Å²) < 4.78 is -1.09. The van der Waals surface area contributed by atoms with Crippen LogP contribution in [0.25, 0.3) is 0 Å². The minimum Gasteiger partial charge on any atom is -0.394 e. The number of carbonyl (C=O) groups is 3. The summed E-state index contributed by atoms with van der Waals surface area (Å²) in [6.07, 6.45) is 5.24. The van der Waals surface area contributed by atoms with E-state index in [2.05, 4.69) is 24.5 Å². The number of benzene rings is 1. The fourth-order valence-electron chi connectivity index (χ4n) is 6.66. The summed E-state index contributed by atoms with van der Waals surface area (Å²) in [5, 5.41) is 16.5. The van der Waals surface area contributed by atoms with Crippen LogP contribution in [0.4, 0.5) is 5.69 Å². The van der Waals surface area contributed by atoms with Gasteiger partial charge in [-0.25, -0.2) is 0 Å². The molecule has 1 spiro atoms. The molecule has 198 valence electrons. The number of aliphatic hydroxyl groups is 1. The Morgan fingerprint density at radius 1 is 1.17 bits per heavy atom. The topological polar surface area (TPSA) is 98.7 Å². The van der Waals surface area contributed by atoms with Crippen LogP contribution in [0, 0.1) is 17.8 Å². The van der Waals surface area contributed by atoms with E-state index in [4.69, 9.17) is 0 Å². The van der Waals surface area contributed by atoms with E-state index in [0.717, 1.165) is 32.1 Å². The summed E-state index contributed by atoms with van der Waals surface area (Å²) in [6.45, 7) is 8.61. The van der Waals surface area contributed by atoms with Gasteiger partial charge in [0.15, 0.2) is 0 Å². The zero-order valence-corrected chi connectivity index (χ0v) is 22.8. The van der Waals surface area contributed by atoms with E-state index in [-0.39, 0.29) is 30.2 Å². The number of nitrogens with one attached hydrogen (secondary N) is 2. The maximum Gasteiger partial charge on any atom is 0.244 e. The monoisotopic (exact) mass is 515 g/mol. The second-order valence-electron chi connectivity index (χ2n) is 11.0. The predicted molar refractivity (Wildman–Crippen MR) is 144 cm³/mol. The van der Waals surface area contributed by atoms with Crippen LogP contribution in [0.5, 0.6) is 0 Å². The molecule has 1 aromatic rings. The Kier molecular flexibility index (Phi) is 8.05. The number of rotatable bonds is 11. The number of hydrogen-bond acceptors (Lipinski definition) is 5. The second-order valence-corrected chi connectivity index (χ2v) is 12.9. The van der Waals surface area contributed by atoms with Crippen molar-refractivity contribution in [1.82, 2.24) is 10.2 Å². The van der Waals surface area contributed by atoms with Gasteiger partial charge >= 0.3 is 0 Å². The second kappa shape index (κ2) is 10.7. The molecule has 0 aliphatic carbocycles. The molecule has 3 heterocycles. The molecule has 8 heteroatoms. The van der Waals surface area contributed by atoms with Gasteiger partial charge in [-0.15, -0.1) is 11.8 Å². The number of nitrogens with zero attached hydrogens (tertiary/aromatic N) is 1. The normalized spacial score (nSPS) is 32.3. The number of anilines is 1. The molecule has 36 heavy (non-hydrogen) atoms. The van der Waals surface area contributed by atoms with Crippen LogP contribution in [-0.2, 0) is 14.4 Å². The van der Waals surface area contributed by atoms with E-state index in [0.29, 0.717) is 18.7 Å². The smallest absolute Gasteiger partial charge is 0.244 e. The number of amides is 3. The van der Waals surface area contributed by atoms with Crippen molar-refractivity contribution in [3.8, 4) is 0 Å². The molecular formula is C28H41N3O4S. The third kappa shape index (κ3) is 4.44. The summed E-state index contributed by atoms with van der Waals surface area (Å²) in [4.78, 5) is 43.4. The number of carbonyl (C=O) groups excluding carboxylic acids is 3. The van der Waals surface area contributed by atoms with Gasteiger partial charge in [-0.05, 0) is 44.2 Å². The van der Waals surface area contributed by atoms with E-state index in [1.54, 1.807) is 16.7 Å². The van der Waals surface area contributed by atoms with Gasteiger partial charge in [-0.2, -0.15) is 0 Å².